The highest BCUT2D eigenvalue weighted by Gasteiger charge is 2.15. The molecule has 0 aromatic rings. The van der Waals surface area contributed by atoms with Crippen LogP contribution in [0.15, 0.2) is 17.1 Å². The number of halogens is 1. The normalized spacial score (nSPS) is 15.3. The van der Waals surface area contributed by atoms with E-state index in [0.29, 0.717) is 19.1 Å². The van der Waals surface area contributed by atoms with E-state index >= 15 is 0 Å². The Hall–Kier alpha value is -0.990. The summed E-state index contributed by atoms with van der Waals surface area (Å²) < 4.78 is 5.15. The summed E-state index contributed by atoms with van der Waals surface area (Å²) in [5, 5.41) is 9.17. The number of hydrogen-bond acceptors (Lipinski definition) is 3. The van der Waals surface area contributed by atoms with Crippen LogP contribution in [0.1, 0.15) is 33.6 Å². The number of carbonyl (C=O) groups is 1. The predicted octanol–water partition coefficient (Wildman–Crippen LogP) is 2.01. The molecule has 0 unspecified atom stereocenters. The molecule has 6 nitrogen and oxygen atoms in total. The fourth-order valence-corrected chi connectivity index (χ4v) is 1.78. The minimum absolute atomic E-state index is 0. The van der Waals surface area contributed by atoms with Crippen molar-refractivity contribution in [1.82, 2.24) is 16.0 Å². The van der Waals surface area contributed by atoms with E-state index < -0.39 is 11.7 Å². The number of aliphatic imine (C=N–C) groups is 1. The number of nitrogens with zero attached hydrogens (tertiary/aromatic N) is 1. The van der Waals surface area contributed by atoms with E-state index in [1.807, 2.05) is 20.8 Å². The largest absolute Gasteiger partial charge is 0.444 e. The maximum absolute atomic E-state index is 11.4. The predicted molar refractivity (Wildman–Crippen MR) is 96.3 cm³/mol. The average Bonchev–Trinajstić information content (AvgIpc) is 2.83. The van der Waals surface area contributed by atoms with Crippen LogP contribution in [0.5, 0.6) is 0 Å². The summed E-state index contributed by atoms with van der Waals surface area (Å²) in [6.45, 7) is 6.60. The minimum Gasteiger partial charge on any atom is -0.444 e. The number of guanidine groups is 1. The van der Waals surface area contributed by atoms with Gasteiger partial charge in [0.15, 0.2) is 5.96 Å². The SMILES string of the molecule is CN=C(NCCNC(=O)OC(C)(C)C)NC1CC=CC1.I. The van der Waals surface area contributed by atoms with Gasteiger partial charge in [0.25, 0.3) is 0 Å². The third-order valence-electron chi connectivity index (χ3n) is 2.66. The molecule has 0 radical (unpaired) electrons. The van der Waals surface area contributed by atoms with Crippen LogP contribution in [0.4, 0.5) is 4.79 Å². The standard InChI is InChI=1S/C14H26N4O2.HI/c1-14(2,3)20-13(19)17-10-9-16-12(15-4)18-11-7-5-6-8-11;/h5-6,11H,7-10H2,1-4H3,(H,17,19)(H2,15,16,18);1H. The van der Waals surface area contributed by atoms with Crippen LogP contribution in [-0.4, -0.2) is 43.8 Å². The molecule has 1 amide bonds. The van der Waals surface area contributed by atoms with Gasteiger partial charge in [0.05, 0.1) is 0 Å². The maximum Gasteiger partial charge on any atom is 0.407 e. The second kappa shape index (κ2) is 9.86. The zero-order chi connectivity index (χ0) is 15.0. The molecule has 0 saturated heterocycles. The molecule has 1 rings (SSSR count). The Kier molecular flexibility index (Phi) is 9.39. The first kappa shape index (κ1) is 20.0. The van der Waals surface area contributed by atoms with Crippen molar-refractivity contribution in [3.63, 3.8) is 0 Å². The summed E-state index contributed by atoms with van der Waals surface area (Å²) in [5.41, 5.74) is -0.468. The highest BCUT2D eigenvalue weighted by Crippen LogP contribution is 2.08. The summed E-state index contributed by atoms with van der Waals surface area (Å²) in [5.74, 6) is 0.754. The lowest BCUT2D eigenvalue weighted by molar-refractivity contribution is 0.0529. The van der Waals surface area contributed by atoms with Gasteiger partial charge in [0.1, 0.15) is 5.60 Å². The third-order valence-corrected chi connectivity index (χ3v) is 2.66. The second-order valence-corrected chi connectivity index (χ2v) is 5.71. The molecule has 1 aliphatic carbocycles. The van der Waals surface area contributed by atoms with E-state index in [4.69, 9.17) is 4.74 Å². The highest BCUT2D eigenvalue weighted by molar-refractivity contribution is 14.0. The van der Waals surface area contributed by atoms with Gasteiger partial charge in [-0.2, -0.15) is 0 Å². The molecule has 0 heterocycles. The lowest BCUT2D eigenvalue weighted by Crippen LogP contribution is -2.45. The van der Waals surface area contributed by atoms with Crippen LogP contribution in [0.2, 0.25) is 0 Å². The molecular formula is C14H27IN4O2. The van der Waals surface area contributed by atoms with Crippen LogP contribution >= 0.6 is 24.0 Å². The van der Waals surface area contributed by atoms with Gasteiger partial charge in [0, 0.05) is 26.2 Å². The summed E-state index contributed by atoms with van der Waals surface area (Å²) in [7, 11) is 1.74. The number of nitrogens with one attached hydrogen (secondary N) is 3. The molecule has 1 aliphatic rings. The van der Waals surface area contributed by atoms with Gasteiger partial charge in [-0.15, -0.1) is 24.0 Å². The van der Waals surface area contributed by atoms with E-state index in [9.17, 15) is 4.79 Å². The molecule has 21 heavy (non-hydrogen) atoms. The van der Waals surface area contributed by atoms with Crippen molar-refractivity contribution >= 4 is 36.0 Å². The minimum atomic E-state index is -0.468. The molecule has 0 spiro atoms. The second-order valence-electron chi connectivity index (χ2n) is 5.71. The Balaban J connectivity index is 0.00000400. The first-order valence-corrected chi connectivity index (χ1v) is 7.00. The number of ether oxygens (including phenoxy) is 1. The van der Waals surface area contributed by atoms with Gasteiger partial charge in [-0.3, -0.25) is 4.99 Å². The Morgan fingerprint density at radius 3 is 2.33 bits per heavy atom. The molecule has 0 bridgehead atoms. The van der Waals surface area contributed by atoms with Gasteiger partial charge < -0.3 is 20.7 Å². The lowest BCUT2D eigenvalue weighted by atomic mass is 10.2. The van der Waals surface area contributed by atoms with E-state index in [2.05, 4.69) is 33.1 Å². The summed E-state index contributed by atoms with van der Waals surface area (Å²) >= 11 is 0. The van der Waals surface area contributed by atoms with Gasteiger partial charge in [-0.05, 0) is 33.6 Å². The fraction of sp³-hybridized carbons (Fsp3) is 0.714. The van der Waals surface area contributed by atoms with Gasteiger partial charge in [0.2, 0.25) is 0 Å². The zero-order valence-electron chi connectivity index (χ0n) is 13.2. The van der Waals surface area contributed by atoms with E-state index in [0.717, 1.165) is 18.8 Å². The van der Waals surface area contributed by atoms with Crippen molar-refractivity contribution in [3.8, 4) is 0 Å². The topological polar surface area (TPSA) is 74.8 Å². The Morgan fingerprint density at radius 1 is 1.24 bits per heavy atom. The highest BCUT2D eigenvalue weighted by atomic mass is 127. The molecule has 0 atom stereocenters. The van der Waals surface area contributed by atoms with Crippen molar-refractivity contribution in [2.75, 3.05) is 20.1 Å². The third kappa shape index (κ3) is 9.54. The number of alkyl carbamates (subject to hydrolysis) is 1. The van der Waals surface area contributed by atoms with E-state index in [1.165, 1.54) is 0 Å². The van der Waals surface area contributed by atoms with Crippen LogP contribution in [0.25, 0.3) is 0 Å². The molecular weight excluding hydrogens is 383 g/mol. The monoisotopic (exact) mass is 410 g/mol. The van der Waals surface area contributed by atoms with Crippen molar-refractivity contribution in [2.24, 2.45) is 4.99 Å². The number of amides is 1. The molecule has 7 heteroatoms. The van der Waals surface area contributed by atoms with E-state index in [-0.39, 0.29) is 24.0 Å². The zero-order valence-corrected chi connectivity index (χ0v) is 15.6. The van der Waals surface area contributed by atoms with Crippen LogP contribution in [0.3, 0.4) is 0 Å². The summed E-state index contributed by atoms with van der Waals surface area (Å²) in [4.78, 5) is 15.6. The van der Waals surface area contributed by atoms with Crippen LogP contribution < -0.4 is 16.0 Å². The van der Waals surface area contributed by atoms with Crippen LogP contribution in [-0.2, 0) is 4.74 Å². The number of hydrogen-bond donors (Lipinski definition) is 3. The molecule has 122 valence electrons. The number of rotatable bonds is 4. The first-order valence-electron chi connectivity index (χ1n) is 7.00. The Bertz CT molecular complexity index is 370. The molecule has 0 aromatic carbocycles. The molecule has 3 N–H and O–H groups in total. The van der Waals surface area contributed by atoms with Gasteiger partial charge >= 0.3 is 6.09 Å². The molecule has 0 fully saturated rings. The first-order chi connectivity index (χ1) is 9.40. The molecule has 0 aromatic heterocycles. The Labute approximate surface area is 144 Å². The lowest BCUT2D eigenvalue weighted by Gasteiger charge is -2.20. The van der Waals surface area contributed by atoms with Crippen molar-refractivity contribution in [2.45, 2.75) is 45.3 Å². The van der Waals surface area contributed by atoms with Gasteiger partial charge in [-0.1, -0.05) is 12.2 Å². The smallest absolute Gasteiger partial charge is 0.407 e. The quantitative estimate of drug-likeness (QED) is 0.218. The van der Waals surface area contributed by atoms with E-state index in [1.54, 1.807) is 7.05 Å². The average molecular weight is 410 g/mol. The maximum atomic E-state index is 11.4. The van der Waals surface area contributed by atoms with Gasteiger partial charge in [-0.25, -0.2) is 4.79 Å². The van der Waals surface area contributed by atoms with Crippen molar-refractivity contribution in [3.05, 3.63) is 12.2 Å². The van der Waals surface area contributed by atoms with Crippen LogP contribution in [0, 0.1) is 0 Å². The fourth-order valence-electron chi connectivity index (χ4n) is 1.78. The van der Waals surface area contributed by atoms with Crippen molar-refractivity contribution in [1.29, 1.82) is 0 Å². The molecule has 0 aliphatic heterocycles. The summed E-state index contributed by atoms with van der Waals surface area (Å²) in [6, 6.07) is 0.417. The summed E-state index contributed by atoms with van der Waals surface area (Å²) in [6.07, 6.45) is 5.97. The Morgan fingerprint density at radius 2 is 1.81 bits per heavy atom. The van der Waals surface area contributed by atoms with Crippen molar-refractivity contribution < 1.29 is 9.53 Å². The molecule has 0 saturated carbocycles. The number of carbonyl (C=O) groups excluding carboxylic acids is 1.